The Hall–Kier alpha value is -0.960. The fourth-order valence-corrected chi connectivity index (χ4v) is 2.61. The third-order valence-corrected chi connectivity index (χ3v) is 3.53. The molecule has 0 radical (unpaired) electrons. The number of aryl methyl sites for hydroxylation is 3. The average Bonchev–Trinajstić information content (AvgIpc) is 2.43. The zero-order valence-corrected chi connectivity index (χ0v) is 8.90. The normalized spacial score (nSPS) is 11.0. The van der Waals surface area contributed by atoms with E-state index in [-0.39, 0.29) is 0 Å². The van der Waals surface area contributed by atoms with Gasteiger partial charge in [0.25, 0.3) is 0 Å². The van der Waals surface area contributed by atoms with Crippen LogP contribution in [-0.4, -0.2) is 10.2 Å². The molecule has 68 valence electrons. The molecule has 2 rings (SSSR count). The summed E-state index contributed by atoms with van der Waals surface area (Å²) in [5.74, 6) is 0. The maximum Gasteiger partial charge on any atom is 0.0717 e. The topological polar surface area (TPSA) is 25.8 Å². The molecule has 0 aliphatic carbocycles. The maximum absolute atomic E-state index is 4.16. The van der Waals surface area contributed by atoms with Crippen LogP contribution in [0.4, 0.5) is 0 Å². The van der Waals surface area contributed by atoms with Crippen molar-refractivity contribution in [1.29, 1.82) is 0 Å². The summed E-state index contributed by atoms with van der Waals surface area (Å²) in [6, 6.07) is 0. The van der Waals surface area contributed by atoms with Crippen LogP contribution in [0.25, 0.3) is 10.1 Å². The molecular formula is C10H12N2S. The molecule has 2 aromatic heterocycles. The Morgan fingerprint density at radius 2 is 2.15 bits per heavy atom. The second-order valence-corrected chi connectivity index (χ2v) is 4.42. The Bertz CT molecular complexity index is 445. The molecule has 2 nitrogen and oxygen atoms in total. The molecule has 2 aromatic rings. The van der Waals surface area contributed by atoms with Gasteiger partial charge in [0.2, 0.25) is 0 Å². The number of aromatic nitrogens is 2. The zero-order chi connectivity index (χ0) is 9.42. The summed E-state index contributed by atoms with van der Waals surface area (Å²) in [5, 5.41) is 9.47. The van der Waals surface area contributed by atoms with Gasteiger partial charge in [0.15, 0.2) is 0 Å². The lowest BCUT2D eigenvalue weighted by Gasteiger charge is -1.97. The number of hydrogen-bond acceptors (Lipinski definition) is 3. The number of fused-ring (bicyclic) bond motifs is 1. The highest BCUT2D eigenvalue weighted by Crippen LogP contribution is 2.30. The van der Waals surface area contributed by atoms with Crippen molar-refractivity contribution in [3.05, 3.63) is 22.3 Å². The highest BCUT2D eigenvalue weighted by Gasteiger charge is 2.09. The van der Waals surface area contributed by atoms with Crippen LogP contribution in [0.1, 0.15) is 23.1 Å². The van der Waals surface area contributed by atoms with Crippen molar-refractivity contribution in [3.63, 3.8) is 0 Å². The summed E-state index contributed by atoms with van der Waals surface area (Å²) in [6.07, 6.45) is 2.82. The van der Waals surface area contributed by atoms with Crippen molar-refractivity contribution in [2.24, 2.45) is 0 Å². The molecule has 13 heavy (non-hydrogen) atoms. The van der Waals surface area contributed by atoms with Crippen molar-refractivity contribution >= 4 is 21.4 Å². The third kappa shape index (κ3) is 1.23. The van der Waals surface area contributed by atoms with Crippen LogP contribution in [0.5, 0.6) is 0 Å². The Morgan fingerprint density at radius 1 is 1.38 bits per heavy atom. The van der Waals surface area contributed by atoms with E-state index in [1.54, 1.807) is 11.3 Å². The van der Waals surface area contributed by atoms with E-state index >= 15 is 0 Å². The van der Waals surface area contributed by atoms with Crippen molar-refractivity contribution in [3.8, 4) is 0 Å². The summed E-state index contributed by atoms with van der Waals surface area (Å²) in [7, 11) is 0. The van der Waals surface area contributed by atoms with E-state index in [9.17, 15) is 0 Å². The molecule has 0 aliphatic heterocycles. The third-order valence-electron chi connectivity index (χ3n) is 2.39. The predicted molar refractivity (Wildman–Crippen MR) is 56.3 cm³/mol. The lowest BCUT2D eigenvalue weighted by Crippen LogP contribution is -1.90. The van der Waals surface area contributed by atoms with Crippen LogP contribution >= 0.6 is 11.3 Å². The van der Waals surface area contributed by atoms with Gasteiger partial charge >= 0.3 is 0 Å². The summed E-state index contributed by atoms with van der Waals surface area (Å²) in [4.78, 5) is 1.37. The number of rotatable bonds is 1. The van der Waals surface area contributed by atoms with Gasteiger partial charge in [-0.25, -0.2) is 0 Å². The van der Waals surface area contributed by atoms with Crippen molar-refractivity contribution in [2.75, 3.05) is 0 Å². The number of hydrogen-bond donors (Lipinski definition) is 0. The Kier molecular flexibility index (Phi) is 2.04. The molecule has 0 atom stereocenters. The van der Waals surface area contributed by atoms with Gasteiger partial charge in [-0.05, 0) is 25.8 Å². The van der Waals surface area contributed by atoms with Gasteiger partial charge in [-0.2, -0.15) is 10.2 Å². The van der Waals surface area contributed by atoms with Gasteiger partial charge < -0.3 is 0 Å². The summed E-state index contributed by atoms with van der Waals surface area (Å²) in [5.41, 5.74) is 2.49. The second kappa shape index (κ2) is 3.07. The molecule has 0 saturated heterocycles. The quantitative estimate of drug-likeness (QED) is 0.694. The highest BCUT2D eigenvalue weighted by molar-refractivity contribution is 7.19. The highest BCUT2D eigenvalue weighted by atomic mass is 32.1. The van der Waals surface area contributed by atoms with Gasteiger partial charge in [0.05, 0.1) is 16.6 Å². The molecule has 0 bridgehead atoms. The fraction of sp³-hybridized carbons (Fsp3) is 0.400. The van der Waals surface area contributed by atoms with Crippen LogP contribution in [0.2, 0.25) is 0 Å². The Labute approximate surface area is 81.6 Å². The fourth-order valence-electron chi connectivity index (χ4n) is 1.55. The van der Waals surface area contributed by atoms with E-state index in [4.69, 9.17) is 0 Å². The van der Waals surface area contributed by atoms with Gasteiger partial charge in [-0.3, -0.25) is 0 Å². The van der Waals surface area contributed by atoms with Gasteiger partial charge in [0.1, 0.15) is 0 Å². The first-order valence-corrected chi connectivity index (χ1v) is 5.26. The maximum atomic E-state index is 4.16. The van der Waals surface area contributed by atoms with Crippen LogP contribution in [0, 0.1) is 13.8 Å². The summed E-state index contributed by atoms with van der Waals surface area (Å²) >= 11 is 1.81. The minimum Gasteiger partial charge on any atom is -0.157 e. The molecular weight excluding hydrogens is 180 g/mol. The van der Waals surface area contributed by atoms with E-state index < -0.39 is 0 Å². The van der Waals surface area contributed by atoms with E-state index in [1.807, 2.05) is 6.20 Å². The van der Waals surface area contributed by atoms with Crippen molar-refractivity contribution in [2.45, 2.75) is 27.2 Å². The lowest BCUT2D eigenvalue weighted by atomic mass is 10.1. The number of thiophene rings is 1. The summed E-state index contributed by atoms with van der Waals surface area (Å²) in [6.45, 7) is 6.43. The molecule has 0 unspecified atom stereocenters. The molecule has 0 aromatic carbocycles. The van der Waals surface area contributed by atoms with Gasteiger partial charge in [0, 0.05) is 10.3 Å². The van der Waals surface area contributed by atoms with Crippen LogP contribution in [-0.2, 0) is 6.42 Å². The number of nitrogens with zero attached hydrogens (tertiary/aromatic N) is 2. The minimum absolute atomic E-state index is 0.960. The Morgan fingerprint density at radius 3 is 2.85 bits per heavy atom. The first-order valence-electron chi connectivity index (χ1n) is 4.44. The molecule has 2 heterocycles. The molecule has 0 amide bonds. The second-order valence-electron chi connectivity index (χ2n) is 3.17. The first kappa shape index (κ1) is 8.63. The Balaban J connectivity index is 2.87. The lowest BCUT2D eigenvalue weighted by molar-refractivity contribution is 0.940. The van der Waals surface area contributed by atoms with Crippen molar-refractivity contribution in [1.82, 2.24) is 10.2 Å². The first-order chi connectivity index (χ1) is 6.24. The monoisotopic (exact) mass is 192 g/mol. The minimum atomic E-state index is 0.960. The van der Waals surface area contributed by atoms with E-state index in [0.29, 0.717) is 0 Å². The molecule has 3 heteroatoms. The molecule has 0 aliphatic rings. The predicted octanol–water partition coefficient (Wildman–Crippen LogP) is 2.87. The SMILES string of the molecule is CCc1nncc2sc(C)c(C)c12. The zero-order valence-electron chi connectivity index (χ0n) is 8.09. The van der Waals surface area contributed by atoms with E-state index in [1.165, 1.54) is 20.5 Å². The smallest absolute Gasteiger partial charge is 0.0717 e. The van der Waals surface area contributed by atoms with Crippen molar-refractivity contribution < 1.29 is 0 Å². The van der Waals surface area contributed by atoms with Gasteiger partial charge in [-0.1, -0.05) is 6.92 Å². The van der Waals surface area contributed by atoms with Gasteiger partial charge in [-0.15, -0.1) is 11.3 Å². The van der Waals surface area contributed by atoms with E-state index in [2.05, 4.69) is 31.0 Å². The average molecular weight is 192 g/mol. The molecule has 0 spiro atoms. The largest absolute Gasteiger partial charge is 0.157 e. The van der Waals surface area contributed by atoms with Crippen LogP contribution in [0.15, 0.2) is 6.20 Å². The standard InChI is InChI=1S/C10H12N2S/c1-4-8-10-6(2)7(3)13-9(10)5-11-12-8/h5H,4H2,1-3H3. The van der Waals surface area contributed by atoms with Crippen LogP contribution in [0.3, 0.4) is 0 Å². The van der Waals surface area contributed by atoms with Crippen LogP contribution < -0.4 is 0 Å². The molecule has 0 fully saturated rings. The summed E-state index contributed by atoms with van der Waals surface area (Å²) < 4.78 is 1.27. The molecule has 0 saturated carbocycles. The molecule has 0 N–H and O–H groups in total. The van der Waals surface area contributed by atoms with E-state index in [0.717, 1.165) is 12.1 Å².